The summed E-state index contributed by atoms with van der Waals surface area (Å²) in [6.45, 7) is 1.71. The van der Waals surface area contributed by atoms with Crippen LogP contribution < -0.4 is 11.3 Å². The van der Waals surface area contributed by atoms with Gasteiger partial charge in [-0.1, -0.05) is 19.8 Å². The van der Waals surface area contributed by atoms with Crippen molar-refractivity contribution in [3.05, 3.63) is 0 Å². The second-order valence-electron chi connectivity index (χ2n) is 5.84. The summed E-state index contributed by atoms with van der Waals surface area (Å²) in [6.07, 6.45) is 7.05. The molecular weight excluding hydrogens is 248 g/mol. The number of hydrogen-bond donors (Lipinski definition) is 2. The van der Waals surface area contributed by atoms with Crippen LogP contribution in [0.5, 0.6) is 0 Å². The summed E-state index contributed by atoms with van der Waals surface area (Å²) in [5, 5.41) is 0. The zero-order valence-electron chi connectivity index (χ0n) is 11.3. The number of hydrazine groups is 1. The quantitative estimate of drug-likeness (QED) is 0.545. The van der Waals surface area contributed by atoms with Gasteiger partial charge in [0.05, 0.1) is 5.75 Å². The Labute approximate surface area is 111 Å². The van der Waals surface area contributed by atoms with Crippen LogP contribution in [0.25, 0.3) is 0 Å². The van der Waals surface area contributed by atoms with E-state index in [2.05, 4.69) is 5.43 Å². The van der Waals surface area contributed by atoms with Crippen molar-refractivity contribution in [3.63, 3.8) is 0 Å². The Morgan fingerprint density at radius 1 is 1.28 bits per heavy atom. The van der Waals surface area contributed by atoms with Gasteiger partial charge in [0.15, 0.2) is 0 Å². The molecule has 0 saturated heterocycles. The summed E-state index contributed by atoms with van der Waals surface area (Å²) in [5.41, 5.74) is 2.93. The van der Waals surface area contributed by atoms with E-state index in [9.17, 15) is 8.42 Å². The van der Waals surface area contributed by atoms with Crippen LogP contribution in [0.2, 0.25) is 0 Å². The first-order chi connectivity index (χ1) is 8.59. The fourth-order valence-corrected chi connectivity index (χ4v) is 4.59. The molecule has 0 bridgehead atoms. The lowest BCUT2D eigenvalue weighted by molar-refractivity contribution is 0.410. The Bertz CT molecular complexity index is 357. The Hall–Kier alpha value is -0.130. The lowest BCUT2D eigenvalue weighted by Gasteiger charge is -2.15. The van der Waals surface area contributed by atoms with Crippen molar-refractivity contribution in [1.82, 2.24) is 5.43 Å². The molecule has 2 rings (SSSR count). The molecule has 0 amide bonds. The van der Waals surface area contributed by atoms with Gasteiger partial charge in [-0.15, -0.1) is 0 Å². The molecule has 4 nitrogen and oxygen atoms in total. The number of fused-ring (bicyclic) bond motifs is 1. The van der Waals surface area contributed by atoms with E-state index in [1.807, 2.05) is 0 Å². The minimum absolute atomic E-state index is 0.252. The highest BCUT2D eigenvalue weighted by molar-refractivity contribution is 7.91. The van der Waals surface area contributed by atoms with E-state index < -0.39 is 9.84 Å². The average Bonchev–Trinajstić information content (AvgIpc) is 3.09. The van der Waals surface area contributed by atoms with Crippen molar-refractivity contribution in [2.75, 3.05) is 11.5 Å². The predicted molar refractivity (Wildman–Crippen MR) is 73.6 cm³/mol. The van der Waals surface area contributed by atoms with Crippen LogP contribution in [-0.4, -0.2) is 26.0 Å². The monoisotopic (exact) mass is 274 g/mol. The molecule has 3 atom stereocenters. The zero-order valence-corrected chi connectivity index (χ0v) is 12.1. The molecule has 0 heterocycles. The standard InChI is InChI=1S/C13H26N2O2S/c1-2-18(16,17)9-5-8-12(15-14)13-10-6-3-4-7-11(10)13/h10-13,15H,2-9,14H2,1H3. The SMILES string of the molecule is CCS(=O)(=O)CCCC(NN)C1C2CCCCC21. The van der Waals surface area contributed by atoms with Crippen LogP contribution in [0.4, 0.5) is 0 Å². The maximum Gasteiger partial charge on any atom is 0.150 e. The first-order valence-electron chi connectivity index (χ1n) is 7.25. The van der Waals surface area contributed by atoms with Gasteiger partial charge < -0.3 is 0 Å². The number of rotatable bonds is 7. The molecule has 5 heteroatoms. The van der Waals surface area contributed by atoms with E-state index in [-0.39, 0.29) is 5.75 Å². The minimum atomic E-state index is -2.82. The van der Waals surface area contributed by atoms with Crippen molar-refractivity contribution in [1.29, 1.82) is 0 Å². The molecule has 0 aromatic carbocycles. The maximum atomic E-state index is 11.5. The second-order valence-corrected chi connectivity index (χ2v) is 8.31. The normalized spacial score (nSPS) is 32.9. The topological polar surface area (TPSA) is 72.2 Å². The molecule has 0 aromatic rings. The molecule has 0 radical (unpaired) electrons. The summed E-state index contributed by atoms with van der Waals surface area (Å²) in [7, 11) is -2.82. The molecule has 2 aliphatic carbocycles. The van der Waals surface area contributed by atoms with Crippen LogP contribution in [-0.2, 0) is 9.84 Å². The maximum absolute atomic E-state index is 11.5. The highest BCUT2D eigenvalue weighted by Crippen LogP contribution is 2.57. The van der Waals surface area contributed by atoms with Gasteiger partial charge in [-0.05, 0) is 43.4 Å². The molecule has 18 heavy (non-hydrogen) atoms. The van der Waals surface area contributed by atoms with Gasteiger partial charge in [-0.2, -0.15) is 0 Å². The van der Waals surface area contributed by atoms with Gasteiger partial charge in [0.2, 0.25) is 0 Å². The van der Waals surface area contributed by atoms with Crippen molar-refractivity contribution < 1.29 is 8.42 Å². The number of nitrogens with two attached hydrogens (primary N) is 1. The van der Waals surface area contributed by atoms with E-state index in [1.165, 1.54) is 25.7 Å². The molecule has 3 unspecified atom stereocenters. The highest BCUT2D eigenvalue weighted by Gasteiger charge is 2.53. The van der Waals surface area contributed by atoms with Gasteiger partial charge in [-0.3, -0.25) is 11.3 Å². The number of hydrogen-bond acceptors (Lipinski definition) is 4. The molecule has 2 saturated carbocycles. The Kier molecular flexibility index (Phi) is 4.67. The van der Waals surface area contributed by atoms with Crippen molar-refractivity contribution >= 4 is 9.84 Å². The second kappa shape index (κ2) is 5.88. The van der Waals surface area contributed by atoms with E-state index >= 15 is 0 Å². The Morgan fingerprint density at radius 3 is 2.39 bits per heavy atom. The largest absolute Gasteiger partial charge is 0.271 e. The van der Waals surface area contributed by atoms with Crippen molar-refractivity contribution in [2.24, 2.45) is 23.6 Å². The molecule has 0 aromatic heterocycles. The van der Waals surface area contributed by atoms with Crippen molar-refractivity contribution in [3.8, 4) is 0 Å². The molecule has 2 aliphatic rings. The number of sulfone groups is 1. The molecular formula is C13H26N2O2S. The van der Waals surface area contributed by atoms with Gasteiger partial charge in [0.25, 0.3) is 0 Å². The van der Waals surface area contributed by atoms with Crippen molar-refractivity contribution in [2.45, 2.75) is 51.5 Å². The fraction of sp³-hybridized carbons (Fsp3) is 1.00. The Balaban J connectivity index is 1.77. The average molecular weight is 274 g/mol. The first-order valence-corrected chi connectivity index (χ1v) is 9.07. The van der Waals surface area contributed by atoms with Gasteiger partial charge in [-0.25, -0.2) is 8.42 Å². The molecule has 0 spiro atoms. The lowest BCUT2D eigenvalue weighted by Crippen LogP contribution is -2.38. The predicted octanol–water partition coefficient (Wildman–Crippen LogP) is 1.47. The zero-order chi connectivity index (χ0) is 13.2. The summed E-state index contributed by atoms with van der Waals surface area (Å²) in [4.78, 5) is 0. The van der Waals surface area contributed by atoms with E-state index in [0.29, 0.717) is 17.7 Å². The summed E-state index contributed by atoms with van der Waals surface area (Å²) in [6, 6.07) is 0.324. The first kappa shape index (κ1) is 14.3. The summed E-state index contributed by atoms with van der Waals surface area (Å²) < 4.78 is 22.9. The van der Waals surface area contributed by atoms with Crippen LogP contribution in [0, 0.1) is 17.8 Å². The molecule has 2 fully saturated rings. The summed E-state index contributed by atoms with van der Waals surface area (Å²) in [5.74, 6) is 8.65. The third kappa shape index (κ3) is 3.25. The van der Waals surface area contributed by atoms with Crippen LogP contribution in [0.1, 0.15) is 45.4 Å². The molecule has 0 aliphatic heterocycles. The molecule has 3 N–H and O–H groups in total. The van der Waals surface area contributed by atoms with Gasteiger partial charge >= 0.3 is 0 Å². The van der Waals surface area contributed by atoms with Gasteiger partial charge in [0, 0.05) is 11.8 Å². The minimum Gasteiger partial charge on any atom is -0.271 e. The van der Waals surface area contributed by atoms with Gasteiger partial charge in [0.1, 0.15) is 9.84 Å². The lowest BCUT2D eigenvalue weighted by atomic mass is 10.0. The third-order valence-corrected chi connectivity index (χ3v) is 6.60. The van der Waals surface area contributed by atoms with Crippen LogP contribution in [0.15, 0.2) is 0 Å². The van der Waals surface area contributed by atoms with E-state index in [1.54, 1.807) is 6.92 Å². The van der Waals surface area contributed by atoms with E-state index in [0.717, 1.165) is 24.7 Å². The van der Waals surface area contributed by atoms with Crippen LogP contribution in [0.3, 0.4) is 0 Å². The highest BCUT2D eigenvalue weighted by atomic mass is 32.2. The Morgan fingerprint density at radius 2 is 1.89 bits per heavy atom. The smallest absolute Gasteiger partial charge is 0.150 e. The van der Waals surface area contributed by atoms with E-state index in [4.69, 9.17) is 5.84 Å². The number of nitrogens with one attached hydrogen (secondary N) is 1. The third-order valence-electron chi connectivity index (χ3n) is 4.81. The van der Waals surface area contributed by atoms with Crippen LogP contribution >= 0.6 is 0 Å². The fourth-order valence-electron chi connectivity index (χ4n) is 3.70. The molecule has 106 valence electrons. The summed E-state index contributed by atoms with van der Waals surface area (Å²) >= 11 is 0.